The number of allylic oxidation sites excluding steroid dienone is 2. The zero-order valence-electron chi connectivity index (χ0n) is 14.4. The molecule has 2 heteroatoms. The first-order valence-corrected chi connectivity index (χ1v) is 9.05. The molecule has 126 valence electrons. The molecule has 0 amide bonds. The van der Waals surface area contributed by atoms with Crippen LogP contribution in [0.15, 0.2) is 30.0 Å². The summed E-state index contributed by atoms with van der Waals surface area (Å²) in [5, 5.41) is 8.44. The summed E-state index contributed by atoms with van der Waals surface area (Å²) >= 11 is 0. The van der Waals surface area contributed by atoms with Crippen LogP contribution >= 0.6 is 0 Å². The molecule has 0 fully saturated rings. The van der Waals surface area contributed by atoms with E-state index in [1.165, 1.54) is 76.7 Å². The smallest absolute Gasteiger partial charge is 0.307 e. The van der Waals surface area contributed by atoms with E-state index in [0.29, 0.717) is 0 Å². The molecule has 0 rings (SSSR count). The number of hydrogen-bond acceptors (Lipinski definition) is 1. The van der Waals surface area contributed by atoms with Gasteiger partial charge in [-0.15, -0.1) is 5.73 Å². The van der Waals surface area contributed by atoms with Crippen LogP contribution in [0, 0.1) is 0 Å². The number of carboxylic acids is 1. The van der Waals surface area contributed by atoms with E-state index in [1.807, 2.05) is 6.08 Å². The van der Waals surface area contributed by atoms with E-state index in [0.717, 1.165) is 6.42 Å². The van der Waals surface area contributed by atoms with Crippen molar-refractivity contribution in [2.45, 2.75) is 90.4 Å². The standard InChI is InChI=1S/C20H34O2/c1-2-3-4-5-6-7-8-9-10-11-12-13-14-15-16-17-18-19-20(21)22/h14-16,18H,2-13,19H2,1H3,(H,21,22)/b15-14+. The van der Waals surface area contributed by atoms with Crippen LogP contribution < -0.4 is 0 Å². The van der Waals surface area contributed by atoms with Gasteiger partial charge in [0.2, 0.25) is 0 Å². The Balaban J connectivity index is 3.23. The van der Waals surface area contributed by atoms with Crippen molar-refractivity contribution in [2.24, 2.45) is 0 Å². The molecule has 0 spiro atoms. The van der Waals surface area contributed by atoms with Crippen molar-refractivity contribution < 1.29 is 9.90 Å². The third-order valence-corrected chi connectivity index (χ3v) is 3.70. The fourth-order valence-corrected chi connectivity index (χ4v) is 2.36. The van der Waals surface area contributed by atoms with E-state index in [4.69, 9.17) is 5.11 Å². The summed E-state index contributed by atoms with van der Waals surface area (Å²) in [6.07, 6.45) is 23.7. The Morgan fingerprint density at radius 2 is 1.45 bits per heavy atom. The second-order valence-electron chi connectivity index (χ2n) is 5.89. The van der Waals surface area contributed by atoms with Gasteiger partial charge in [-0.25, -0.2) is 0 Å². The van der Waals surface area contributed by atoms with E-state index in [9.17, 15) is 4.79 Å². The highest BCUT2D eigenvalue weighted by Gasteiger charge is 1.92. The Hall–Kier alpha value is -1.27. The van der Waals surface area contributed by atoms with E-state index >= 15 is 0 Å². The number of carbonyl (C=O) groups is 1. The fourth-order valence-electron chi connectivity index (χ4n) is 2.36. The quantitative estimate of drug-likeness (QED) is 0.215. The fraction of sp³-hybridized carbons (Fsp3) is 0.700. The number of rotatable bonds is 15. The molecule has 0 unspecified atom stereocenters. The highest BCUT2D eigenvalue weighted by molar-refractivity contribution is 5.68. The van der Waals surface area contributed by atoms with Crippen LogP contribution in [0.5, 0.6) is 0 Å². The predicted molar refractivity (Wildman–Crippen MR) is 95.1 cm³/mol. The van der Waals surface area contributed by atoms with Crippen LogP contribution in [-0.4, -0.2) is 11.1 Å². The lowest BCUT2D eigenvalue weighted by Gasteiger charge is -2.01. The van der Waals surface area contributed by atoms with Crippen molar-refractivity contribution in [3.8, 4) is 0 Å². The third-order valence-electron chi connectivity index (χ3n) is 3.70. The lowest BCUT2D eigenvalue weighted by molar-refractivity contribution is -0.135. The first-order chi connectivity index (χ1) is 10.8. The van der Waals surface area contributed by atoms with E-state index < -0.39 is 5.97 Å². The lowest BCUT2D eigenvalue weighted by atomic mass is 10.1. The maximum Gasteiger partial charge on any atom is 0.307 e. The summed E-state index contributed by atoms with van der Waals surface area (Å²) in [7, 11) is 0. The van der Waals surface area contributed by atoms with E-state index in [1.54, 1.807) is 6.08 Å². The molecular weight excluding hydrogens is 272 g/mol. The summed E-state index contributed by atoms with van der Waals surface area (Å²) in [5.41, 5.74) is 2.84. The van der Waals surface area contributed by atoms with Gasteiger partial charge in [0, 0.05) is 0 Å². The molecule has 0 saturated heterocycles. The lowest BCUT2D eigenvalue weighted by Crippen LogP contribution is -1.88. The van der Waals surface area contributed by atoms with Crippen molar-refractivity contribution in [1.29, 1.82) is 0 Å². The Morgan fingerprint density at radius 3 is 2.00 bits per heavy atom. The molecule has 2 nitrogen and oxygen atoms in total. The van der Waals surface area contributed by atoms with Gasteiger partial charge in [0.15, 0.2) is 0 Å². The Morgan fingerprint density at radius 1 is 0.909 bits per heavy atom. The van der Waals surface area contributed by atoms with Gasteiger partial charge in [-0.3, -0.25) is 4.79 Å². The molecule has 0 radical (unpaired) electrons. The van der Waals surface area contributed by atoms with Gasteiger partial charge in [0.1, 0.15) is 0 Å². The molecule has 0 heterocycles. The SMILES string of the molecule is CCCCCCCCCCCCC/C=C/C=C=CCC(=O)O. The second kappa shape index (κ2) is 17.8. The van der Waals surface area contributed by atoms with Gasteiger partial charge >= 0.3 is 5.97 Å². The minimum Gasteiger partial charge on any atom is -0.481 e. The van der Waals surface area contributed by atoms with Crippen LogP contribution in [0.3, 0.4) is 0 Å². The van der Waals surface area contributed by atoms with Crippen LogP contribution in [0.25, 0.3) is 0 Å². The summed E-state index contributed by atoms with van der Waals surface area (Å²) < 4.78 is 0. The molecule has 0 aliphatic heterocycles. The normalized spacial score (nSPS) is 10.6. The molecular formula is C20H34O2. The summed E-state index contributed by atoms with van der Waals surface area (Å²) in [5.74, 6) is -0.814. The minimum atomic E-state index is -0.814. The maximum absolute atomic E-state index is 10.3. The Labute approximate surface area is 137 Å². The topological polar surface area (TPSA) is 37.3 Å². The van der Waals surface area contributed by atoms with E-state index in [-0.39, 0.29) is 6.42 Å². The molecule has 0 aliphatic rings. The van der Waals surface area contributed by atoms with Crippen LogP contribution in [0.4, 0.5) is 0 Å². The van der Waals surface area contributed by atoms with Crippen molar-refractivity contribution in [2.75, 3.05) is 0 Å². The molecule has 0 aromatic rings. The average molecular weight is 306 g/mol. The monoisotopic (exact) mass is 306 g/mol. The molecule has 1 N–H and O–H groups in total. The van der Waals surface area contributed by atoms with Crippen molar-refractivity contribution in [3.63, 3.8) is 0 Å². The summed E-state index contributed by atoms with van der Waals surface area (Å²) in [6, 6.07) is 0. The number of carboxylic acid groups (broad SMARTS) is 1. The highest BCUT2D eigenvalue weighted by atomic mass is 16.4. The number of aliphatic carboxylic acids is 1. The zero-order chi connectivity index (χ0) is 16.3. The Bertz CT molecular complexity index is 336. The summed E-state index contributed by atoms with van der Waals surface area (Å²) in [6.45, 7) is 2.27. The van der Waals surface area contributed by atoms with Gasteiger partial charge in [-0.05, 0) is 25.0 Å². The van der Waals surface area contributed by atoms with Gasteiger partial charge < -0.3 is 5.11 Å². The third kappa shape index (κ3) is 18.7. The molecule has 0 bridgehead atoms. The first kappa shape index (κ1) is 20.7. The number of hydrogen-bond donors (Lipinski definition) is 1. The van der Waals surface area contributed by atoms with Crippen molar-refractivity contribution >= 4 is 5.97 Å². The number of unbranched alkanes of at least 4 members (excludes halogenated alkanes) is 11. The largest absolute Gasteiger partial charge is 0.481 e. The molecule has 0 atom stereocenters. The van der Waals surface area contributed by atoms with Gasteiger partial charge in [-0.2, -0.15) is 0 Å². The van der Waals surface area contributed by atoms with E-state index in [2.05, 4.69) is 18.7 Å². The molecule has 0 saturated carbocycles. The van der Waals surface area contributed by atoms with Gasteiger partial charge in [0.05, 0.1) is 6.42 Å². The summed E-state index contributed by atoms with van der Waals surface area (Å²) in [4.78, 5) is 10.3. The molecule has 22 heavy (non-hydrogen) atoms. The van der Waals surface area contributed by atoms with Crippen molar-refractivity contribution in [1.82, 2.24) is 0 Å². The Kier molecular flexibility index (Phi) is 16.8. The molecule has 0 aromatic carbocycles. The molecule has 0 aromatic heterocycles. The van der Waals surface area contributed by atoms with Crippen LogP contribution in [0.1, 0.15) is 90.4 Å². The zero-order valence-corrected chi connectivity index (χ0v) is 14.4. The average Bonchev–Trinajstić information content (AvgIpc) is 2.50. The van der Waals surface area contributed by atoms with Crippen molar-refractivity contribution in [3.05, 3.63) is 30.0 Å². The van der Waals surface area contributed by atoms with Crippen LogP contribution in [0.2, 0.25) is 0 Å². The minimum absolute atomic E-state index is 0.0446. The highest BCUT2D eigenvalue weighted by Crippen LogP contribution is 2.11. The first-order valence-electron chi connectivity index (χ1n) is 9.05. The van der Waals surface area contributed by atoms with Gasteiger partial charge in [0.25, 0.3) is 0 Å². The predicted octanol–water partition coefficient (Wildman–Crippen LogP) is 6.43. The second-order valence-corrected chi connectivity index (χ2v) is 5.89. The van der Waals surface area contributed by atoms with Gasteiger partial charge in [-0.1, -0.05) is 83.3 Å². The van der Waals surface area contributed by atoms with Crippen LogP contribution in [-0.2, 0) is 4.79 Å². The maximum atomic E-state index is 10.3. The molecule has 0 aliphatic carbocycles.